The summed E-state index contributed by atoms with van der Waals surface area (Å²) in [6, 6.07) is 8.95. The molecule has 3 N–H and O–H groups in total. The van der Waals surface area contributed by atoms with Crippen LogP contribution in [0.3, 0.4) is 0 Å². The van der Waals surface area contributed by atoms with E-state index >= 15 is 0 Å². The lowest BCUT2D eigenvalue weighted by atomic mass is 10.1. The number of nitro groups is 1. The minimum absolute atomic E-state index is 0.0901. The molecule has 1 aromatic heterocycles. The van der Waals surface area contributed by atoms with E-state index in [1.807, 2.05) is 13.0 Å². The molecule has 0 radical (unpaired) electrons. The first-order valence-corrected chi connectivity index (χ1v) is 8.79. The molecule has 10 heteroatoms. The van der Waals surface area contributed by atoms with Crippen molar-refractivity contribution in [3.8, 4) is 28.6 Å². The number of nitrogens with one attached hydrogen (secondary N) is 1. The molecule has 2 aromatic carbocycles. The van der Waals surface area contributed by atoms with E-state index in [4.69, 9.17) is 19.9 Å². The van der Waals surface area contributed by atoms with Gasteiger partial charge < -0.3 is 19.9 Å². The van der Waals surface area contributed by atoms with Gasteiger partial charge in [-0.15, -0.1) is 0 Å². The highest BCUT2D eigenvalue weighted by molar-refractivity contribution is 5.67. The molecule has 0 fully saturated rings. The first kappa shape index (κ1) is 20.1. The van der Waals surface area contributed by atoms with Gasteiger partial charge in [0.25, 0.3) is 5.69 Å². The number of hydrogen-bond acceptors (Lipinski definition) is 8. The van der Waals surface area contributed by atoms with Gasteiger partial charge in [-0.05, 0) is 30.7 Å². The van der Waals surface area contributed by atoms with Crippen molar-refractivity contribution in [3.05, 3.63) is 57.9 Å². The minimum atomic E-state index is -0.620. The average Bonchev–Trinajstić information content (AvgIpc) is 3.23. The normalized spacial score (nSPS) is 11.7. The molecule has 10 nitrogen and oxygen atoms in total. The maximum Gasteiger partial charge on any atom is 0.270 e. The molecule has 0 unspecified atom stereocenters. The van der Waals surface area contributed by atoms with E-state index < -0.39 is 11.0 Å². The molecule has 0 aliphatic heterocycles. The number of aromatic nitrogens is 3. The smallest absolute Gasteiger partial charge is 0.270 e. The molecule has 3 rings (SSSR count). The molecular weight excluding hydrogens is 378 g/mol. The molecule has 29 heavy (non-hydrogen) atoms. The summed E-state index contributed by atoms with van der Waals surface area (Å²) in [5.74, 6) is 2.22. The highest BCUT2D eigenvalue weighted by Gasteiger charge is 2.20. The third kappa shape index (κ3) is 4.11. The van der Waals surface area contributed by atoms with Gasteiger partial charge in [0.1, 0.15) is 11.6 Å². The van der Waals surface area contributed by atoms with Crippen molar-refractivity contribution < 1.29 is 19.1 Å². The quantitative estimate of drug-likeness (QED) is 0.435. The summed E-state index contributed by atoms with van der Waals surface area (Å²) in [6.45, 7) is 2.40. The lowest BCUT2D eigenvalue weighted by Gasteiger charge is -2.13. The van der Waals surface area contributed by atoms with Crippen LogP contribution < -0.4 is 19.9 Å². The molecule has 0 aliphatic rings. The van der Waals surface area contributed by atoms with Gasteiger partial charge in [0, 0.05) is 12.1 Å². The zero-order chi connectivity index (χ0) is 21.0. The number of non-ortho nitro benzene ring substituents is 1. The van der Waals surface area contributed by atoms with Crippen LogP contribution in [0.2, 0.25) is 0 Å². The van der Waals surface area contributed by atoms with Gasteiger partial charge in [-0.3, -0.25) is 15.2 Å². The molecule has 1 atom stereocenters. The van der Waals surface area contributed by atoms with E-state index in [-0.39, 0.29) is 11.5 Å². The Bertz CT molecular complexity index is 1020. The highest BCUT2D eigenvalue weighted by Crippen LogP contribution is 2.33. The minimum Gasteiger partial charge on any atom is -0.496 e. The average molecular weight is 399 g/mol. The summed E-state index contributed by atoms with van der Waals surface area (Å²) < 4.78 is 16.2. The Morgan fingerprint density at radius 1 is 1.14 bits per heavy atom. The topological polar surface area (TPSA) is 138 Å². The Hall–Kier alpha value is -3.66. The van der Waals surface area contributed by atoms with Crippen LogP contribution in [0.25, 0.3) is 11.4 Å². The molecule has 1 heterocycles. The summed E-state index contributed by atoms with van der Waals surface area (Å²) in [4.78, 5) is 15.0. The number of H-pyrrole nitrogens is 1. The van der Waals surface area contributed by atoms with Gasteiger partial charge in [-0.1, -0.05) is 6.07 Å². The number of ether oxygens (including phenoxy) is 3. The zero-order valence-electron chi connectivity index (χ0n) is 16.2. The fourth-order valence-corrected chi connectivity index (χ4v) is 2.83. The summed E-state index contributed by atoms with van der Waals surface area (Å²) in [5.41, 5.74) is 7.37. The van der Waals surface area contributed by atoms with Gasteiger partial charge in [0.15, 0.2) is 17.3 Å². The Balaban J connectivity index is 1.94. The van der Waals surface area contributed by atoms with Gasteiger partial charge in [-0.25, -0.2) is 4.98 Å². The van der Waals surface area contributed by atoms with E-state index in [9.17, 15) is 10.1 Å². The van der Waals surface area contributed by atoms with Crippen LogP contribution in [0.5, 0.6) is 17.2 Å². The van der Waals surface area contributed by atoms with Crippen LogP contribution in [-0.4, -0.2) is 40.9 Å². The van der Waals surface area contributed by atoms with Crippen molar-refractivity contribution >= 4 is 5.69 Å². The fourth-order valence-electron chi connectivity index (χ4n) is 2.83. The van der Waals surface area contributed by atoms with Gasteiger partial charge in [0.2, 0.25) is 0 Å². The molecule has 0 aliphatic carbocycles. The Morgan fingerprint density at radius 3 is 2.52 bits per heavy atom. The predicted molar refractivity (Wildman–Crippen MR) is 105 cm³/mol. The van der Waals surface area contributed by atoms with Crippen molar-refractivity contribution in [2.75, 3.05) is 20.8 Å². The number of hydrogen-bond donors (Lipinski definition) is 2. The Kier molecular flexibility index (Phi) is 5.93. The summed E-state index contributed by atoms with van der Waals surface area (Å²) in [7, 11) is 3.02. The number of nitrogens with zero attached hydrogens (tertiary/aromatic N) is 3. The van der Waals surface area contributed by atoms with Crippen molar-refractivity contribution in [2.45, 2.75) is 13.0 Å². The number of benzene rings is 2. The number of nitrogens with two attached hydrogens (primary N) is 1. The maximum absolute atomic E-state index is 11.1. The number of methoxy groups -OCH3 is 2. The van der Waals surface area contributed by atoms with Crippen LogP contribution in [0.1, 0.15) is 24.4 Å². The number of nitro benzene ring substituents is 1. The van der Waals surface area contributed by atoms with Gasteiger partial charge in [0.05, 0.1) is 37.4 Å². The van der Waals surface area contributed by atoms with Crippen molar-refractivity contribution in [1.82, 2.24) is 15.2 Å². The zero-order valence-corrected chi connectivity index (χ0v) is 16.2. The maximum atomic E-state index is 11.1. The number of rotatable bonds is 8. The molecule has 0 saturated carbocycles. The van der Waals surface area contributed by atoms with Crippen molar-refractivity contribution in [3.63, 3.8) is 0 Å². The van der Waals surface area contributed by atoms with E-state index in [1.165, 1.54) is 25.3 Å². The second-order valence-electron chi connectivity index (χ2n) is 6.01. The second-order valence-corrected chi connectivity index (χ2v) is 6.01. The molecule has 152 valence electrons. The van der Waals surface area contributed by atoms with Crippen LogP contribution in [0.4, 0.5) is 5.69 Å². The monoisotopic (exact) mass is 399 g/mol. The molecule has 0 spiro atoms. The van der Waals surface area contributed by atoms with Crippen LogP contribution >= 0.6 is 0 Å². The predicted octanol–water partition coefficient (Wildman–Crippen LogP) is 2.84. The van der Waals surface area contributed by atoms with Gasteiger partial charge in [-0.2, -0.15) is 5.10 Å². The van der Waals surface area contributed by atoms with E-state index in [0.29, 0.717) is 35.2 Å². The lowest BCUT2D eigenvalue weighted by molar-refractivity contribution is -0.384. The molecule has 3 aromatic rings. The Morgan fingerprint density at radius 2 is 1.86 bits per heavy atom. The molecule has 0 amide bonds. The van der Waals surface area contributed by atoms with E-state index in [1.54, 1.807) is 19.2 Å². The SMILES string of the molecule is CCOc1ccc([C@H](N)c2nc(-c3cc([N+](=O)[O-])ccc3OC)n[nH]2)cc1OC. The third-order valence-corrected chi connectivity index (χ3v) is 4.28. The number of aromatic amines is 1. The first-order valence-electron chi connectivity index (χ1n) is 8.79. The summed E-state index contributed by atoms with van der Waals surface area (Å²) in [5, 5.41) is 18.0. The largest absolute Gasteiger partial charge is 0.496 e. The van der Waals surface area contributed by atoms with Crippen LogP contribution in [-0.2, 0) is 0 Å². The van der Waals surface area contributed by atoms with Gasteiger partial charge >= 0.3 is 0 Å². The summed E-state index contributed by atoms with van der Waals surface area (Å²) >= 11 is 0. The summed E-state index contributed by atoms with van der Waals surface area (Å²) in [6.07, 6.45) is 0. The molecular formula is C19H21N5O5. The second kappa shape index (κ2) is 8.57. The van der Waals surface area contributed by atoms with Crippen molar-refractivity contribution in [1.29, 1.82) is 0 Å². The van der Waals surface area contributed by atoms with Crippen molar-refractivity contribution in [2.24, 2.45) is 5.73 Å². The van der Waals surface area contributed by atoms with E-state index in [2.05, 4.69) is 15.2 Å². The van der Waals surface area contributed by atoms with E-state index in [0.717, 1.165) is 5.56 Å². The fraction of sp³-hybridized carbons (Fsp3) is 0.263. The molecule has 0 bridgehead atoms. The lowest BCUT2D eigenvalue weighted by Crippen LogP contribution is -2.14. The van der Waals surface area contributed by atoms with Crippen LogP contribution in [0, 0.1) is 10.1 Å². The standard InChI is InChI=1S/C19H21N5O5/c1-4-29-15-7-5-11(9-16(15)28-3)17(20)19-21-18(22-23-19)13-10-12(24(25)26)6-8-14(13)27-2/h5-10,17H,4,20H2,1-3H3,(H,21,22,23)/t17-/m0/s1. The Labute approximate surface area is 166 Å². The molecule has 0 saturated heterocycles. The third-order valence-electron chi connectivity index (χ3n) is 4.28. The highest BCUT2D eigenvalue weighted by atomic mass is 16.6. The van der Waals surface area contributed by atoms with Crippen LogP contribution in [0.15, 0.2) is 36.4 Å². The first-order chi connectivity index (χ1) is 14.0.